The number of rotatable bonds is 3. The largest absolute Gasteiger partial charge is 0.362 e. The number of para-hydroxylation sites is 1. The number of hydrogen-bond acceptors (Lipinski definition) is 4. The van der Waals surface area contributed by atoms with Gasteiger partial charge in [0.15, 0.2) is 0 Å². The lowest BCUT2D eigenvalue weighted by Crippen LogP contribution is -2.49. The lowest BCUT2D eigenvalue weighted by Gasteiger charge is -2.47. The van der Waals surface area contributed by atoms with Crippen LogP contribution in [-0.2, 0) is 0 Å². The van der Waals surface area contributed by atoms with E-state index in [1.54, 1.807) is 12.1 Å². The fourth-order valence-electron chi connectivity index (χ4n) is 2.71. The van der Waals surface area contributed by atoms with Gasteiger partial charge in [-0.3, -0.25) is 10.1 Å². The van der Waals surface area contributed by atoms with Crippen LogP contribution in [0.3, 0.4) is 0 Å². The molecule has 0 amide bonds. The summed E-state index contributed by atoms with van der Waals surface area (Å²) in [4.78, 5) is 12.4. The van der Waals surface area contributed by atoms with Crippen LogP contribution in [0.4, 0.5) is 11.4 Å². The van der Waals surface area contributed by atoms with Crippen LogP contribution in [0, 0.1) is 27.4 Å². The first-order chi connectivity index (χ1) is 10.2. The van der Waals surface area contributed by atoms with E-state index in [9.17, 15) is 15.4 Å². The molecule has 0 unspecified atom stereocenters. The molecule has 1 fully saturated rings. The first-order valence-corrected chi connectivity index (χ1v) is 6.66. The minimum Gasteiger partial charge on any atom is -0.362 e. The van der Waals surface area contributed by atoms with Crippen molar-refractivity contribution in [1.82, 2.24) is 0 Å². The summed E-state index contributed by atoms with van der Waals surface area (Å²) in [5.74, 6) is -0.0911. The second-order valence-corrected chi connectivity index (χ2v) is 5.02. The second kappa shape index (κ2) is 5.25. The van der Waals surface area contributed by atoms with Gasteiger partial charge in [0.1, 0.15) is 0 Å². The van der Waals surface area contributed by atoms with Crippen LogP contribution in [0.1, 0.15) is 11.6 Å². The average molecular weight is 279 g/mol. The molecule has 21 heavy (non-hydrogen) atoms. The first kappa shape index (κ1) is 13.1. The summed E-state index contributed by atoms with van der Waals surface area (Å²) in [6.45, 7) is 0.683. The highest BCUT2D eigenvalue weighted by molar-refractivity contribution is 5.54. The summed E-state index contributed by atoms with van der Waals surface area (Å²) >= 11 is 0. The highest BCUT2D eigenvalue weighted by Gasteiger charge is 2.40. The van der Waals surface area contributed by atoms with Crippen molar-refractivity contribution in [3.63, 3.8) is 0 Å². The van der Waals surface area contributed by atoms with Crippen LogP contribution in [-0.4, -0.2) is 11.5 Å². The molecule has 3 rings (SSSR count). The van der Waals surface area contributed by atoms with Crippen molar-refractivity contribution in [2.75, 3.05) is 11.4 Å². The van der Waals surface area contributed by atoms with E-state index in [0.29, 0.717) is 6.54 Å². The fraction of sp³-hybridized carbons (Fsp3) is 0.188. The van der Waals surface area contributed by atoms with Gasteiger partial charge in [0.2, 0.25) is 0 Å². The maximum absolute atomic E-state index is 10.7. The van der Waals surface area contributed by atoms with Crippen LogP contribution in [0.25, 0.3) is 0 Å². The normalized spacial score (nSPS) is 20.4. The number of hydrogen-bond donors (Lipinski definition) is 0. The molecule has 0 aromatic heterocycles. The molecular formula is C16H13N3O2. The van der Waals surface area contributed by atoms with Gasteiger partial charge >= 0.3 is 0 Å². The summed E-state index contributed by atoms with van der Waals surface area (Å²) in [6.07, 6.45) is 0. The predicted molar refractivity (Wildman–Crippen MR) is 78.7 cm³/mol. The standard InChI is InChI=1S/C16H13N3O2/c17-10-13-11-18(14-4-2-1-3-5-14)16(13)12-6-8-15(9-7-12)19(20)21/h1-9,13,16H,11H2/t13-,16+/m1/s1. The van der Waals surface area contributed by atoms with Crippen molar-refractivity contribution < 1.29 is 4.92 Å². The van der Waals surface area contributed by atoms with E-state index in [2.05, 4.69) is 11.0 Å². The monoisotopic (exact) mass is 279 g/mol. The lowest BCUT2D eigenvalue weighted by molar-refractivity contribution is -0.384. The molecule has 0 N–H and O–H groups in total. The Balaban J connectivity index is 1.90. The number of nitro groups is 1. The molecule has 0 saturated carbocycles. The van der Waals surface area contributed by atoms with Gasteiger partial charge in [-0.15, -0.1) is 0 Å². The van der Waals surface area contributed by atoms with E-state index in [0.717, 1.165) is 11.3 Å². The highest BCUT2D eigenvalue weighted by atomic mass is 16.6. The number of nitriles is 1. The van der Waals surface area contributed by atoms with E-state index in [1.165, 1.54) is 12.1 Å². The molecule has 104 valence electrons. The average Bonchev–Trinajstić information content (AvgIpc) is 2.48. The molecule has 5 heteroatoms. The van der Waals surface area contributed by atoms with Crippen molar-refractivity contribution in [3.05, 3.63) is 70.3 Å². The van der Waals surface area contributed by atoms with Crippen molar-refractivity contribution >= 4 is 11.4 Å². The summed E-state index contributed by atoms with van der Waals surface area (Å²) in [6, 6.07) is 18.6. The number of nitrogens with zero attached hydrogens (tertiary/aromatic N) is 3. The molecule has 2 aromatic carbocycles. The van der Waals surface area contributed by atoms with Crippen LogP contribution >= 0.6 is 0 Å². The van der Waals surface area contributed by atoms with Crippen LogP contribution in [0.5, 0.6) is 0 Å². The Hall–Kier alpha value is -2.87. The molecule has 0 bridgehead atoms. The Morgan fingerprint density at radius 1 is 1.14 bits per heavy atom. The zero-order chi connectivity index (χ0) is 14.8. The lowest BCUT2D eigenvalue weighted by atomic mass is 9.83. The fourth-order valence-corrected chi connectivity index (χ4v) is 2.71. The Bertz CT molecular complexity index is 692. The van der Waals surface area contributed by atoms with E-state index in [4.69, 9.17) is 0 Å². The molecular weight excluding hydrogens is 266 g/mol. The van der Waals surface area contributed by atoms with Gasteiger partial charge in [-0.25, -0.2) is 0 Å². The number of nitro benzene ring substituents is 1. The highest BCUT2D eigenvalue weighted by Crippen LogP contribution is 2.42. The van der Waals surface area contributed by atoms with Crippen LogP contribution in [0.15, 0.2) is 54.6 Å². The molecule has 1 heterocycles. The minimum absolute atomic E-state index is 0.0433. The van der Waals surface area contributed by atoms with Gasteiger partial charge in [0, 0.05) is 24.4 Å². The molecule has 0 spiro atoms. The molecule has 2 aromatic rings. The Morgan fingerprint density at radius 2 is 1.81 bits per heavy atom. The topological polar surface area (TPSA) is 70.2 Å². The maximum atomic E-state index is 10.7. The van der Waals surface area contributed by atoms with E-state index in [-0.39, 0.29) is 17.6 Å². The molecule has 1 aliphatic heterocycles. The van der Waals surface area contributed by atoms with E-state index in [1.807, 2.05) is 30.3 Å². The van der Waals surface area contributed by atoms with Crippen molar-refractivity contribution in [1.29, 1.82) is 5.26 Å². The summed E-state index contributed by atoms with van der Waals surface area (Å²) in [7, 11) is 0. The van der Waals surface area contributed by atoms with Crippen molar-refractivity contribution in [3.8, 4) is 6.07 Å². The third-order valence-electron chi connectivity index (χ3n) is 3.81. The molecule has 0 radical (unpaired) electrons. The molecule has 5 nitrogen and oxygen atoms in total. The molecule has 0 aliphatic carbocycles. The van der Waals surface area contributed by atoms with Crippen molar-refractivity contribution in [2.24, 2.45) is 5.92 Å². The van der Waals surface area contributed by atoms with Crippen LogP contribution in [0.2, 0.25) is 0 Å². The first-order valence-electron chi connectivity index (χ1n) is 6.66. The third-order valence-corrected chi connectivity index (χ3v) is 3.81. The molecule has 1 saturated heterocycles. The quantitative estimate of drug-likeness (QED) is 0.638. The van der Waals surface area contributed by atoms with Gasteiger partial charge in [0.05, 0.1) is 23.0 Å². The van der Waals surface area contributed by atoms with Crippen molar-refractivity contribution in [2.45, 2.75) is 6.04 Å². The van der Waals surface area contributed by atoms with E-state index >= 15 is 0 Å². The molecule has 1 aliphatic rings. The van der Waals surface area contributed by atoms with Gasteiger partial charge < -0.3 is 4.90 Å². The summed E-state index contributed by atoms with van der Waals surface area (Å²) < 4.78 is 0. The summed E-state index contributed by atoms with van der Waals surface area (Å²) in [5.41, 5.74) is 2.06. The Morgan fingerprint density at radius 3 is 2.38 bits per heavy atom. The number of anilines is 1. The summed E-state index contributed by atoms with van der Waals surface area (Å²) in [5, 5.41) is 20.0. The van der Waals surface area contributed by atoms with Gasteiger partial charge in [-0.2, -0.15) is 5.26 Å². The Labute approximate surface area is 122 Å². The number of benzene rings is 2. The number of non-ortho nitro benzene ring substituents is 1. The van der Waals surface area contributed by atoms with Gasteiger partial charge in [0.25, 0.3) is 5.69 Å². The molecule has 2 atom stereocenters. The minimum atomic E-state index is -0.415. The predicted octanol–water partition coefficient (Wildman–Crippen LogP) is 3.30. The SMILES string of the molecule is N#C[C@@H]1CN(c2ccccc2)[C@H]1c1ccc([N+](=O)[O-])cc1. The Kier molecular flexibility index (Phi) is 3.28. The second-order valence-electron chi connectivity index (χ2n) is 5.02. The van der Waals surface area contributed by atoms with E-state index < -0.39 is 4.92 Å². The van der Waals surface area contributed by atoms with Gasteiger partial charge in [-0.05, 0) is 17.7 Å². The zero-order valence-corrected chi connectivity index (χ0v) is 11.2. The smallest absolute Gasteiger partial charge is 0.269 e. The third kappa shape index (κ3) is 2.32. The zero-order valence-electron chi connectivity index (χ0n) is 11.2. The van der Waals surface area contributed by atoms with Crippen LogP contribution < -0.4 is 4.90 Å². The van der Waals surface area contributed by atoms with Gasteiger partial charge in [-0.1, -0.05) is 30.3 Å². The maximum Gasteiger partial charge on any atom is 0.269 e.